The van der Waals surface area contributed by atoms with Crippen molar-refractivity contribution < 1.29 is 4.74 Å². The van der Waals surface area contributed by atoms with E-state index in [0.29, 0.717) is 12.0 Å². The third-order valence-electron chi connectivity index (χ3n) is 3.31. The molecule has 0 fully saturated rings. The van der Waals surface area contributed by atoms with Gasteiger partial charge in [-0.15, -0.1) is 0 Å². The second-order valence-electron chi connectivity index (χ2n) is 4.80. The first-order valence-corrected chi connectivity index (χ1v) is 6.04. The van der Waals surface area contributed by atoms with Crippen LogP contribution in [-0.4, -0.2) is 12.2 Å². The highest BCUT2D eigenvalue weighted by Gasteiger charge is 2.24. The molecule has 1 aromatic rings. The van der Waals surface area contributed by atoms with Crippen molar-refractivity contribution in [2.24, 2.45) is 0 Å². The summed E-state index contributed by atoms with van der Waals surface area (Å²) in [5.41, 5.74) is 2.82. The van der Waals surface area contributed by atoms with Crippen LogP contribution >= 0.6 is 0 Å². The van der Waals surface area contributed by atoms with E-state index in [1.165, 1.54) is 11.1 Å². The summed E-state index contributed by atoms with van der Waals surface area (Å²) < 4.78 is 6.00. The maximum absolute atomic E-state index is 6.00. The Labute approximate surface area is 98.1 Å². The fourth-order valence-corrected chi connectivity index (χ4v) is 2.42. The van der Waals surface area contributed by atoms with E-state index in [4.69, 9.17) is 4.74 Å². The van der Waals surface area contributed by atoms with Crippen molar-refractivity contribution in [3.63, 3.8) is 0 Å². The summed E-state index contributed by atoms with van der Waals surface area (Å²) in [7, 11) is 0. The standard InChI is InChI=1S/C15H20O/c1-11-9-12(2)16-15(10-11)13(3)14-7-5-4-6-8-14/h4-9,12-13,15H,10H2,1-3H3/t12-,13+,15-/m1/s1. The molecule has 2 rings (SSSR count). The van der Waals surface area contributed by atoms with Crippen LogP contribution in [0.4, 0.5) is 0 Å². The molecule has 1 aliphatic rings. The Hall–Kier alpha value is -1.08. The molecular formula is C15H20O. The van der Waals surface area contributed by atoms with Gasteiger partial charge in [-0.1, -0.05) is 48.9 Å². The van der Waals surface area contributed by atoms with Crippen molar-refractivity contribution in [3.8, 4) is 0 Å². The molecule has 0 spiro atoms. The summed E-state index contributed by atoms with van der Waals surface area (Å²) in [5, 5.41) is 0. The summed E-state index contributed by atoms with van der Waals surface area (Å²) in [4.78, 5) is 0. The molecule has 0 aliphatic carbocycles. The van der Waals surface area contributed by atoms with E-state index in [2.05, 4.69) is 57.2 Å². The summed E-state index contributed by atoms with van der Waals surface area (Å²) in [5.74, 6) is 0.465. The van der Waals surface area contributed by atoms with E-state index >= 15 is 0 Å². The van der Waals surface area contributed by atoms with Crippen LogP contribution in [0.25, 0.3) is 0 Å². The molecule has 86 valence electrons. The molecule has 1 aliphatic heterocycles. The van der Waals surface area contributed by atoms with Crippen LogP contribution in [0.2, 0.25) is 0 Å². The van der Waals surface area contributed by atoms with Gasteiger partial charge in [0.2, 0.25) is 0 Å². The molecular weight excluding hydrogens is 196 g/mol. The Morgan fingerprint density at radius 3 is 2.56 bits per heavy atom. The Morgan fingerprint density at radius 2 is 1.94 bits per heavy atom. The zero-order chi connectivity index (χ0) is 11.5. The molecule has 16 heavy (non-hydrogen) atoms. The average Bonchev–Trinajstić information content (AvgIpc) is 2.28. The largest absolute Gasteiger partial charge is 0.370 e. The first-order chi connectivity index (χ1) is 7.66. The lowest BCUT2D eigenvalue weighted by molar-refractivity contribution is -0.000553. The van der Waals surface area contributed by atoms with E-state index in [1.54, 1.807) is 0 Å². The molecule has 3 atom stereocenters. The second kappa shape index (κ2) is 4.84. The van der Waals surface area contributed by atoms with Crippen LogP contribution in [0.5, 0.6) is 0 Å². The lowest BCUT2D eigenvalue weighted by atomic mass is 9.89. The van der Waals surface area contributed by atoms with E-state index in [1.807, 2.05) is 0 Å². The molecule has 1 nitrogen and oxygen atoms in total. The van der Waals surface area contributed by atoms with Gasteiger partial charge in [0.15, 0.2) is 0 Å². The minimum atomic E-state index is 0.255. The fourth-order valence-electron chi connectivity index (χ4n) is 2.42. The molecule has 1 heterocycles. The molecule has 0 saturated carbocycles. The van der Waals surface area contributed by atoms with E-state index in [0.717, 1.165) is 6.42 Å². The summed E-state index contributed by atoms with van der Waals surface area (Å²) in [6.45, 7) is 6.57. The highest BCUT2D eigenvalue weighted by Crippen LogP contribution is 2.30. The lowest BCUT2D eigenvalue weighted by Gasteiger charge is -2.31. The number of ether oxygens (including phenoxy) is 1. The number of hydrogen-bond acceptors (Lipinski definition) is 1. The summed E-state index contributed by atoms with van der Waals surface area (Å²) >= 11 is 0. The van der Waals surface area contributed by atoms with Gasteiger partial charge < -0.3 is 4.74 Å². The van der Waals surface area contributed by atoms with Crippen LogP contribution in [0.3, 0.4) is 0 Å². The van der Waals surface area contributed by atoms with Crippen molar-refractivity contribution in [2.75, 3.05) is 0 Å². The van der Waals surface area contributed by atoms with Gasteiger partial charge in [0.25, 0.3) is 0 Å². The van der Waals surface area contributed by atoms with Crippen molar-refractivity contribution in [1.29, 1.82) is 0 Å². The SMILES string of the molecule is CC1=C[C@@H](C)O[C@@H]([C@@H](C)c2ccccc2)C1. The van der Waals surface area contributed by atoms with Crippen LogP contribution in [0, 0.1) is 0 Å². The van der Waals surface area contributed by atoms with E-state index in [-0.39, 0.29) is 6.10 Å². The molecule has 0 aromatic heterocycles. The molecule has 1 heteroatoms. The highest BCUT2D eigenvalue weighted by molar-refractivity contribution is 5.21. The monoisotopic (exact) mass is 216 g/mol. The van der Waals surface area contributed by atoms with Gasteiger partial charge in [-0.3, -0.25) is 0 Å². The van der Waals surface area contributed by atoms with Gasteiger partial charge in [0, 0.05) is 5.92 Å². The van der Waals surface area contributed by atoms with Crippen LogP contribution in [-0.2, 0) is 4.74 Å². The van der Waals surface area contributed by atoms with E-state index < -0.39 is 0 Å². The van der Waals surface area contributed by atoms with Crippen molar-refractivity contribution in [3.05, 3.63) is 47.5 Å². The third-order valence-corrected chi connectivity index (χ3v) is 3.31. The van der Waals surface area contributed by atoms with Crippen molar-refractivity contribution in [2.45, 2.75) is 45.3 Å². The zero-order valence-electron chi connectivity index (χ0n) is 10.3. The van der Waals surface area contributed by atoms with Gasteiger partial charge in [0.05, 0.1) is 12.2 Å². The number of hydrogen-bond donors (Lipinski definition) is 0. The normalized spacial score (nSPS) is 27.3. The fraction of sp³-hybridized carbons (Fsp3) is 0.467. The molecule has 0 radical (unpaired) electrons. The Kier molecular flexibility index (Phi) is 3.45. The van der Waals surface area contributed by atoms with Crippen molar-refractivity contribution >= 4 is 0 Å². The van der Waals surface area contributed by atoms with Gasteiger partial charge in [-0.2, -0.15) is 0 Å². The van der Waals surface area contributed by atoms with Crippen LogP contribution < -0.4 is 0 Å². The quantitative estimate of drug-likeness (QED) is 0.681. The molecule has 0 unspecified atom stereocenters. The molecule has 0 bridgehead atoms. The summed E-state index contributed by atoms with van der Waals surface area (Å²) in [6.07, 6.45) is 3.85. The van der Waals surface area contributed by atoms with Crippen molar-refractivity contribution in [1.82, 2.24) is 0 Å². The minimum absolute atomic E-state index is 0.255. The highest BCUT2D eigenvalue weighted by atomic mass is 16.5. The molecule has 1 aromatic carbocycles. The smallest absolute Gasteiger partial charge is 0.0734 e. The zero-order valence-corrected chi connectivity index (χ0v) is 10.3. The Balaban J connectivity index is 2.12. The molecule has 0 saturated heterocycles. The minimum Gasteiger partial charge on any atom is -0.370 e. The average molecular weight is 216 g/mol. The summed E-state index contributed by atoms with van der Waals surface area (Å²) in [6, 6.07) is 10.6. The topological polar surface area (TPSA) is 9.23 Å². The molecule has 0 N–H and O–H groups in total. The predicted molar refractivity (Wildman–Crippen MR) is 67.6 cm³/mol. The Morgan fingerprint density at radius 1 is 1.25 bits per heavy atom. The third kappa shape index (κ3) is 2.53. The van der Waals surface area contributed by atoms with E-state index in [9.17, 15) is 0 Å². The van der Waals surface area contributed by atoms with Gasteiger partial charge in [-0.25, -0.2) is 0 Å². The first kappa shape index (κ1) is 11.4. The van der Waals surface area contributed by atoms with Gasteiger partial charge in [0.1, 0.15) is 0 Å². The number of benzene rings is 1. The maximum Gasteiger partial charge on any atom is 0.0734 e. The predicted octanol–water partition coefficient (Wildman–Crippen LogP) is 3.91. The van der Waals surface area contributed by atoms with Gasteiger partial charge in [-0.05, 0) is 25.8 Å². The number of rotatable bonds is 2. The maximum atomic E-state index is 6.00. The van der Waals surface area contributed by atoms with Crippen LogP contribution in [0.15, 0.2) is 42.0 Å². The van der Waals surface area contributed by atoms with Gasteiger partial charge >= 0.3 is 0 Å². The lowest BCUT2D eigenvalue weighted by Crippen LogP contribution is -2.28. The first-order valence-electron chi connectivity index (χ1n) is 6.04. The molecule has 0 amide bonds. The second-order valence-corrected chi connectivity index (χ2v) is 4.80. The van der Waals surface area contributed by atoms with Crippen LogP contribution in [0.1, 0.15) is 38.7 Å². The Bertz CT molecular complexity index is 366.